The van der Waals surface area contributed by atoms with Crippen LogP contribution < -0.4 is 15.8 Å². The van der Waals surface area contributed by atoms with Crippen LogP contribution in [0.3, 0.4) is 0 Å². The lowest BCUT2D eigenvalue weighted by Crippen LogP contribution is -2.44. The maximum atomic E-state index is 12.7. The summed E-state index contributed by atoms with van der Waals surface area (Å²) < 4.78 is 6.77. The van der Waals surface area contributed by atoms with Crippen molar-refractivity contribution >= 4 is 33.0 Å². The minimum atomic E-state index is -0.0763. The molecule has 0 aliphatic carbocycles. The van der Waals surface area contributed by atoms with Gasteiger partial charge >= 0.3 is 0 Å². The van der Waals surface area contributed by atoms with Crippen LogP contribution in [0, 0.1) is 0 Å². The highest BCUT2D eigenvalue weighted by atomic mass is 32.1. The Morgan fingerprint density at radius 2 is 2.17 bits per heavy atom. The van der Waals surface area contributed by atoms with Crippen LogP contribution in [0.1, 0.15) is 36.4 Å². The zero-order valence-electron chi connectivity index (χ0n) is 13.6. The third-order valence-electron chi connectivity index (χ3n) is 4.19. The molecule has 1 aliphatic rings. The highest BCUT2D eigenvalue weighted by Gasteiger charge is 2.24. The Labute approximate surface area is 140 Å². The molecular formula is C17H23N3O2S. The zero-order chi connectivity index (χ0) is 16.4. The molecule has 23 heavy (non-hydrogen) atoms. The third kappa shape index (κ3) is 3.28. The van der Waals surface area contributed by atoms with Gasteiger partial charge in [-0.05, 0) is 44.9 Å². The van der Waals surface area contributed by atoms with Gasteiger partial charge in [-0.1, -0.05) is 0 Å². The average molecular weight is 333 g/mol. The molecule has 1 unspecified atom stereocenters. The first-order valence-electron chi connectivity index (χ1n) is 8.10. The molecule has 5 nitrogen and oxygen atoms in total. The molecule has 6 heteroatoms. The number of carbonyl (C=O) groups is 1. The molecule has 0 bridgehead atoms. The molecule has 3 rings (SSSR count). The van der Waals surface area contributed by atoms with Crippen molar-refractivity contribution in [1.29, 1.82) is 0 Å². The number of hydrogen-bond acceptors (Lipinski definition) is 5. The molecule has 3 N–H and O–H groups in total. The first kappa shape index (κ1) is 16.1. The molecule has 2 heterocycles. The van der Waals surface area contributed by atoms with Crippen LogP contribution in [-0.4, -0.2) is 36.7 Å². The van der Waals surface area contributed by atoms with E-state index in [0.29, 0.717) is 22.9 Å². The summed E-state index contributed by atoms with van der Waals surface area (Å²) >= 11 is 1.45. The number of benzene rings is 1. The van der Waals surface area contributed by atoms with Crippen LogP contribution in [0.5, 0.6) is 5.75 Å². The maximum Gasteiger partial charge on any atom is 0.266 e. The SMILES string of the molecule is CCOc1c(C(=O)NC(C)N2CCCC2)sc2ccc(N)cc12. The predicted molar refractivity (Wildman–Crippen MR) is 95.1 cm³/mol. The number of nitrogens with one attached hydrogen (secondary N) is 1. The number of amides is 1. The Morgan fingerprint density at radius 1 is 1.43 bits per heavy atom. The number of nitrogens with zero attached hydrogens (tertiary/aromatic N) is 1. The third-order valence-corrected chi connectivity index (χ3v) is 5.34. The van der Waals surface area contributed by atoms with Gasteiger partial charge in [0.05, 0.1) is 12.8 Å². The molecule has 1 fully saturated rings. The molecule has 0 radical (unpaired) electrons. The molecule has 0 saturated carbocycles. The smallest absolute Gasteiger partial charge is 0.266 e. The van der Waals surface area contributed by atoms with E-state index in [1.807, 2.05) is 32.0 Å². The lowest BCUT2D eigenvalue weighted by molar-refractivity contribution is 0.0886. The summed E-state index contributed by atoms with van der Waals surface area (Å²) in [6.07, 6.45) is 2.44. The lowest BCUT2D eigenvalue weighted by Gasteiger charge is -2.24. The summed E-state index contributed by atoms with van der Waals surface area (Å²) in [5.74, 6) is 0.568. The number of thiophene rings is 1. The first-order chi connectivity index (χ1) is 11.1. The molecular weight excluding hydrogens is 310 g/mol. The van der Waals surface area contributed by atoms with Crippen molar-refractivity contribution in [3.63, 3.8) is 0 Å². The van der Waals surface area contributed by atoms with E-state index in [0.717, 1.165) is 23.2 Å². The lowest BCUT2D eigenvalue weighted by atomic mass is 10.2. The Balaban J connectivity index is 1.88. The Bertz CT molecular complexity index is 707. The van der Waals surface area contributed by atoms with Crippen molar-refractivity contribution < 1.29 is 9.53 Å². The number of rotatable bonds is 5. The highest BCUT2D eigenvalue weighted by Crippen LogP contribution is 2.39. The van der Waals surface area contributed by atoms with E-state index in [2.05, 4.69) is 10.2 Å². The minimum Gasteiger partial charge on any atom is -0.491 e. The van der Waals surface area contributed by atoms with Crippen LogP contribution in [-0.2, 0) is 0 Å². The molecule has 1 aromatic heterocycles. The number of hydrogen-bond donors (Lipinski definition) is 2. The number of nitrogen functional groups attached to an aromatic ring is 1. The number of carbonyl (C=O) groups excluding carboxylic acids is 1. The molecule has 1 amide bonds. The van der Waals surface area contributed by atoms with Gasteiger partial charge in [-0.15, -0.1) is 11.3 Å². The monoisotopic (exact) mass is 333 g/mol. The fourth-order valence-electron chi connectivity index (χ4n) is 3.01. The predicted octanol–water partition coefficient (Wildman–Crippen LogP) is 3.05. The highest BCUT2D eigenvalue weighted by molar-refractivity contribution is 7.21. The summed E-state index contributed by atoms with van der Waals surface area (Å²) in [6, 6.07) is 5.67. The van der Waals surface area contributed by atoms with Crippen molar-refractivity contribution in [3.05, 3.63) is 23.1 Å². The van der Waals surface area contributed by atoms with E-state index in [1.165, 1.54) is 24.2 Å². The second kappa shape index (κ2) is 6.76. The van der Waals surface area contributed by atoms with Gasteiger partial charge in [-0.25, -0.2) is 0 Å². The summed E-state index contributed by atoms with van der Waals surface area (Å²) in [5, 5.41) is 4.01. The summed E-state index contributed by atoms with van der Waals surface area (Å²) in [5.41, 5.74) is 6.55. The van der Waals surface area contributed by atoms with Gasteiger partial charge in [0.1, 0.15) is 4.88 Å². The molecule has 0 spiro atoms. The molecule has 1 aliphatic heterocycles. The van der Waals surface area contributed by atoms with E-state index in [4.69, 9.17) is 10.5 Å². The largest absolute Gasteiger partial charge is 0.491 e. The number of fused-ring (bicyclic) bond motifs is 1. The first-order valence-corrected chi connectivity index (χ1v) is 8.91. The summed E-state index contributed by atoms with van der Waals surface area (Å²) in [6.45, 7) is 6.56. The topological polar surface area (TPSA) is 67.6 Å². The van der Waals surface area contributed by atoms with Crippen LogP contribution in [0.2, 0.25) is 0 Å². The number of likely N-dealkylation sites (tertiary alicyclic amines) is 1. The normalized spacial score (nSPS) is 16.6. The molecule has 1 aromatic carbocycles. The summed E-state index contributed by atoms with van der Waals surface area (Å²) in [7, 11) is 0. The van der Waals surface area contributed by atoms with Gasteiger partial charge in [-0.2, -0.15) is 0 Å². The van der Waals surface area contributed by atoms with Gasteiger partial charge < -0.3 is 15.8 Å². The Hall–Kier alpha value is -1.79. The molecule has 1 saturated heterocycles. The van der Waals surface area contributed by atoms with Crippen molar-refractivity contribution in [1.82, 2.24) is 10.2 Å². The quantitative estimate of drug-likeness (QED) is 0.825. The van der Waals surface area contributed by atoms with Crippen LogP contribution in [0.25, 0.3) is 10.1 Å². The van der Waals surface area contributed by atoms with Gasteiger partial charge in [-0.3, -0.25) is 9.69 Å². The van der Waals surface area contributed by atoms with Crippen molar-refractivity contribution in [2.45, 2.75) is 32.9 Å². The second-order valence-electron chi connectivity index (χ2n) is 5.84. The molecule has 124 valence electrons. The maximum absolute atomic E-state index is 12.7. The standard InChI is InChI=1S/C17H23N3O2S/c1-3-22-15-13-10-12(18)6-7-14(13)23-16(15)17(21)19-11(2)20-8-4-5-9-20/h6-7,10-11H,3-5,8-9,18H2,1-2H3,(H,19,21). The van der Waals surface area contributed by atoms with E-state index >= 15 is 0 Å². The van der Waals surface area contributed by atoms with E-state index in [1.54, 1.807) is 0 Å². The van der Waals surface area contributed by atoms with E-state index in [9.17, 15) is 4.79 Å². The number of nitrogens with two attached hydrogens (primary N) is 1. The molecule has 1 atom stereocenters. The van der Waals surface area contributed by atoms with Gasteiger partial charge in [0.25, 0.3) is 5.91 Å². The van der Waals surface area contributed by atoms with E-state index < -0.39 is 0 Å². The second-order valence-corrected chi connectivity index (χ2v) is 6.89. The van der Waals surface area contributed by atoms with Crippen molar-refractivity contribution in [2.24, 2.45) is 0 Å². The van der Waals surface area contributed by atoms with Crippen LogP contribution in [0.15, 0.2) is 18.2 Å². The zero-order valence-corrected chi connectivity index (χ0v) is 14.4. The molecule has 2 aromatic rings. The van der Waals surface area contributed by atoms with E-state index in [-0.39, 0.29) is 12.1 Å². The fourth-order valence-corrected chi connectivity index (χ4v) is 4.04. The van der Waals surface area contributed by atoms with Crippen LogP contribution >= 0.6 is 11.3 Å². The fraction of sp³-hybridized carbons (Fsp3) is 0.471. The minimum absolute atomic E-state index is 0.0368. The number of ether oxygens (including phenoxy) is 1. The Kier molecular flexibility index (Phi) is 4.73. The average Bonchev–Trinajstić information content (AvgIpc) is 3.16. The Morgan fingerprint density at radius 3 is 2.87 bits per heavy atom. The number of anilines is 1. The van der Waals surface area contributed by atoms with Crippen molar-refractivity contribution in [2.75, 3.05) is 25.4 Å². The van der Waals surface area contributed by atoms with Gasteiger partial charge in [0.15, 0.2) is 5.75 Å². The summed E-state index contributed by atoms with van der Waals surface area (Å²) in [4.78, 5) is 15.6. The van der Waals surface area contributed by atoms with Gasteiger partial charge in [0.2, 0.25) is 0 Å². The van der Waals surface area contributed by atoms with Crippen LogP contribution in [0.4, 0.5) is 5.69 Å². The van der Waals surface area contributed by atoms with Gasteiger partial charge in [0, 0.05) is 28.9 Å². The van der Waals surface area contributed by atoms with Crippen molar-refractivity contribution in [3.8, 4) is 5.75 Å².